The van der Waals surface area contributed by atoms with Crippen molar-refractivity contribution in [3.63, 3.8) is 0 Å². The van der Waals surface area contributed by atoms with E-state index in [1.807, 2.05) is 0 Å². The average molecular weight is 157 g/mol. The Hall–Kier alpha value is -0.570. The summed E-state index contributed by atoms with van der Waals surface area (Å²) in [5.41, 5.74) is -0.750. The lowest BCUT2D eigenvalue weighted by atomic mass is 10.1. The van der Waals surface area contributed by atoms with Crippen LogP contribution in [0.3, 0.4) is 0 Å². The molecule has 3 heteroatoms. The van der Waals surface area contributed by atoms with Gasteiger partial charge in [-0.25, -0.2) is 0 Å². The van der Waals surface area contributed by atoms with Gasteiger partial charge in [0.15, 0.2) is 0 Å². The third-order valence-electron chi connectivity index (χ3n) is 1.75. The lowest BCUT2D eigenvalue weighted by molar-refractivity contribution is -0.130. The number of carbonyl (C=O) groups is 1. The van der Waals surface area contributed by atoms with E-state index >= 15 is 0 Å². The Kier molecular flexibility index (Phi) is 2.18. The number of hydrogen-bond donors (Lipinski definition) is 1. The van der Waals surface area contributed by atoms with Gasteiger partial charge >= 0.3 is 0 Å². The molecule has 0 aromatic heterocycles. The number of carbonyl (C=O) groups excluding carboxylic acids is 1. The molecule has 1 aliphatic heterocycles. The van der Waals surface area contributed by atoms with Crippen molar-refractivity contribution in [3.05, 3.63) is 0 Å². The monoisotopic (exact) mass is 157 g/mol. The molecule has 1 heterocycles. The number of likely N-dealkylation sites (tertiary alicyclic amines) is 1. The van der Waals surface area contributed by atoms with Crippen LogP contribution in [0.15, 0.2) is 0 Å². The highest BCUT2D eigenvalue weighted by atomic mass is 16.3. The Labute approximate surface area is 67.0 Å². The molecule has 1 rings (SSSR count). The second kappa shape index (κ2) is 2.81. The molecule has 0 atom stereocenters. The molecule has 1 aliphatic rings. The molecule has 0 unspecified atom stereocenters. The van der Waals surface area contributed by atoms with Crippen LogP contribution in [-0.2, 0) is 4.79 Å². The van der Waals surface area contributed by atoms with E-state index in [1.165, 1.54) is 0 Å². The lowest BCUT2D eigenvalue weighted by Crippen LogP contribution is -2.39. The van der Waals surface area contributed by atoms with Crippen LogP contribution in [0.4, 0.5) is 0 Å². The standard InChI is InChI=1S/C8H15NO2/c1-8(2,11)6-9-5-3-4-7(9)10/h11H,3-6H2,1-2H3. The Morgan fingerprint density at radius 3 is 2.64 bits per heavy atom. The number of aliphatic hydroxyl groups is 1. The van der Waals surface area contributed by atoms with Crippen LogP contribution < -0.4 is 0 Å². The summed E-state index contributed by atoms with van der Waals surface area (Å²) in [6.45, 7) is 4.71. The maximum Gasteiger partial charge on any atom is 0.222 e. The maximum absolute atomic E-state index is 11.1. The Balaban J connectivity index is 2.43. The van der Waals surface area contributed by atoms with Gasteiger partial charge in [0.2, 0.25) is 5.91 Å². The number of β-amino-alcohol motifs (C(OH)–C–C–N with tert-alkyl or cyclic N) is 1. The molecule has 0 aromatic carbocycles. The first kappa shape index (κ1) is 8.53. The summed E-state index contributed by atoms with van der Waals surface area (Å²) in [5.74, 6) is 0.173. The molecular formula is C8H15NO2. The Morgan fingerprint density at radius 2 is 2.27 bits per heavy atom. The average Bonchev–Trinajstić information content (AvgIpc) is 2.12. The highest BCUT2D eigenvalue weighted by molar-refractivity contribution is 5.78. The molecule has 64 valence electrons. The molecule has 1 N–H and O–H groups in total. The predicted octanol–water partition coefficient (Wildman–Crippen LogP) is 0.380. The van der Waals surface area contributed by atoms with Gasteiger partial charge in [0, 0.05) is 19.5 Å². The summed E-state index contributed by atoms with van der Waals surface area (Å²) in [6.07, 6.45) is 1.59. The van der Waals surface area contributed by atoms with Crippen LogP contribution in [-0.4, -0.2) is 34.6 Å². The van der Waals surface area contributed by atoms with E-state index in [9.17, 15) is 9.90 Å². The summed E-state index contributed by atoms with van der Waals surface area (Å²) in [4.78, 5) is 12.8. The molecule has 1 amide bonds. The maximum atomic E-state index is 11.1. The van der Waals surface area contributed by atoms with Crippen LogP contribution in [0, 0.1) is 0 Å². The first-order valence-corrected chi connectivity index (χ1v) is 3.99. The fourth-order valence-electron chi connectivity index (χ4n) is 1.34. The van der Waals surface area contributed by atoms with Crippen LogP contribution >= 0.6 is 0 Å². The van der Waals surface area contributed by atoms with E-state index in [4.69, 9.17) is 0 Å². The SMILES string of the molecule is CC(C)(O)CN1CCCC1=O. The minimum atomic E-state index is -0.750. The van der Waals surface area contributed by atoms with Crippen molar-refractivity contribution in [2.24, 2.45) is 0 Å². The lowest BCUT2D eigenvalue weighted by Gasteiger charge is -2.24. The summed E-state index contributed by atoms with van der Waals surface area (Å²) in [5, 5.41) is 9.40. The van der Waals surface area contributed by atoms with E-state index in [0.717, 1.165) is 13.0 Å². The number of nitrogens with zero attached hydrogens (tertiary/aromatic N) is 1. The molecule has 1 saturated heterocycles. The fourth-order valence-corrected chi connectivity index (χ4v) is 1.34. The Morgan fingerprint density at radius 1 is 1.64 bits per heavy atom. The predicted molar refractivity (Wildman–Crippen MR) is 42.1 cm³/mol. The van der Waals surface area contributed by atoms with E-state index in [2.05, 4.69) is 0 Å². The van der Waals surface area contributed by atoms with E-state index < -0.39 is 5.60 Å². The van der Waals surface area contributed by atoms with Crippen molar-refractivity contribution >= 4 is 5.91 Å². The Bertz CT molecular complexity index is 160. The topological polar surface area (TPSA) is 40.5 Å². The smallest absolute Gasteiger partial charge is 0.222 e. The van der Waals surface area contributed by atoms with Crippen molar-refractivity contribution in [1.82, 2.24) is 4.90 Å². The molecule has 0 aliphatic carbocycles. The summed E-state index contributed by atoms with van der Waals surface area (Å²) >= 11 is 0. The number of hydrogen-bond acceptors (Lipinski definition) is 2. The zero-order valence-electron chi connectivity index (χ0n) is 7.13. The van der Waals surface area contributed by atoms with Gasteiger partial charge in [-0.05, 0) is 20.3 Å². The van der Waals surface area contributed by atoms with Crippen LogP contribution in [0.2, 0.25) is 0 Å². The minimum absolute atomic E-state index is 0.173. The van der Waals surface area contributed by atoms with Gasteiger partial charge in [-0.15, -0.1) is 0 Å². The zero-order chi connectivity index (χ0) is 8.48. The zero-order valence-corrected chi connectivity index (χ0v) is 7.13. The summed E-state index contributed by atoms with van der Waals surface area (Å²) in [7, 11) is 0. The van der Waals surface area contributed by atoms with Crippen molar-refractivity contribution < 1.29 is 9.90 Å². The minimum Gasteiger partial charge on any atom is -0.389 e. The van der Waals surface area contributed by atoms with Gasteiger partial charge in [0.25, 0.3) is 0 Å². The molecule has 0 aromatic rings. The van der Waals surface area contributed by atoms with Crippen molar-refractivity contribution in [2.75, 3.05) is 13.1 Å². The van der Waals surface area contributed by atoms with Gasteiger partial charge in [0.05, 0.1) is 5.60 Å². The van der Waals surface area contributed by atoms with Crippen molar-refractivity contribution in [2.45, 2.75) is 32.3 Å². The summed E-state index contributed by atoms with van der Waals surface area (Å²) in [6, 6.07) is 0. The first-order chi connectivity index (χ1) is 4.99. The van der Waals surface area contributed by atoms with Gasteiger partial charge < -0.3 is 10.0 Å². The molecule has 0 bridgehead atoms. The van der Waals surface area contributed by atoms with Crippen molar-refractivity contribution in [1.29, 1.82) is 0 Å². The molecule has 1 fully saturated rings. The van der Waals surface area contributed by atoms with Gasteiger partial charge in [0.1, 0.15) is 0 Å². The summed E-state index contributed by atoms with van der Waals surface area (Å²) < 4.78 is 0. The molecule has 0 spiro atoms. The number of rotatable bonds is 2. The van der Waals surface area contributed by atoms with E-state index in [-0.39, 0.29) is 5.91 Å². The fraction of sp³-hybridized carbons (Fsp3) is 0.875. The van der Waals surface area contributed by atoms with Crippen molar-refractivity contribution in [3.8, 4) is 0 Å². The van der Waals surface area contributed by atoms with Gasteiger partial charge in [-0.3, -0.25) is 4.79 Å². The largest absolute Gasteiger partial charge is 0.389 e. The quantitative estimate of drug-likeness (QED) is 0.629. The second-order valence-corrected chi connectivity index (χ2v) is 3.73. The van der Waals surface area contributed by atoms with Crippen LogP contribution in [0.1, 0.15) is 26.7 Å². The van der Waals surface area contributed by atoms with E-state index in [0.29, 0.717) is 13.0 Å². The second-order valence-electron chi connectivity index (χ2n) is 3.73. The molecule has 0 radical (unpaired) electrons. The third-order valence-corrected chi connectivity index (χ3v) is 1.75. The van der Waals surface area contributed by atoms with Gasteiger partial charge in [-0.2, -0.15) is 0 Å². The molecule has 11 heavy (non-hydrogen) atoms. The molecular weight excluding hydrogens is 142 g/mol. The van der Waals surface area contributed by atoms with Gasteiger partial charge in [-0.1, -0.05) is 0 Å². The highest BCUT2D eigenvalue weighted by Gasteiger charge is 2.25. The first-order valence-electron chi connectivity index (χ1n) is 3.99. The molecule has 3 nitrogen and oxygen atoms in total. The highest BCUT2D eigenvalue weighted by Crippen LogP contribution is 2.13. The van der Waals surface area contributed by atoms with Crippen LogP contribution in [0.5, 0.6) is 0 Å². The normalized spacial score (nSPS) is 19.5. The molecule has 0 saturated carbocycles. The van der Waals surface area contributed by atoms with E-state index in [1.54, 1.807) is 18.7 Å². The third kappa shape index (κ3) is 2.50. The number of amides is 1. The van der Waals surface area contributed by atoms with Crippen LogP contribution in [0.25, 0.3) is 0 Å².